The molecule has 0 bridgehead atoms. The van der Waals surface area contributed by atoms with E-state index in [-0.39, 0.29) is 23.4 Å². The summed E-state index contributed by atoms with van der Waals surface area (Å²) in [6, 6.07) is 11.7. The number of hydrogen-bond acceptors (Lipinski definition) is 4. The number of hydrogen-bond donors (Lipinski definition) is 1. The summed E-state index contributed by atoms with van der Waals surface area (Å²) in [5.74, 6) is -0.976. The molecule has 10 heteroatoms. The van der Waals surface area contributed by atoms with Gasteiger partial charge < -0.3 is 14.8 Å². The molecule has 1 N–H and O–H groups in total. The first kappa shape index (κ1) is 23.4. The normalized spacial score (nSPS) is 15.9. The molecule has 0 saturated heterocycles. The second-order valence-corrected chi connectivity index (χ2v) is 9.97. The van der Waals surface area contributed by atoms with Crippen LogP contribution >= 0.6 is 11.6 Å². The van der Waals surface area contributed by atoms with E-state index in [1.165, 1.54) is 6.07 Å². The van der Waals surface area contributed by atoms with E-state index in [0.717, 1.165) is 24.7 Å². The number of carbonyl (C=O) groups is 3. The number of benzene rings is 2. The predicted octanol–water partition coefficient (Wildman–Crippen LogP) is 4.39. The highest BCUT2D eigenvalue weighted by Crippen LogP contribution is 2.51. The Morgan fingerprint density at radius 2 is 1.92 bits per heavy atom. The van der Waals surface area contributed by atoms with Gasteiger partial charge in [-0.1, -0.05) is 35.9 Å². The lowest BCUT2D eigenvalue weighted by Gasteiger charge is -2.31. The molecule has 0 radical (unpaired) electrons. The molecule has 2 aromatic carbocycles. The number of nitrogens with zero attached hydrogens (tertiary/aromatic N) is 4. The Bertz CT molecular complexity index is 1570. The second kappa shape index (κ2) is 8.55. The Balaban J connectivity index is 1.25. The standard InChI is InChI=1S/C27H23ClFN5O3/c1-32(27(8-9-27)17-4-2-16(15-35)3-5-17)25(36)19-13-30-34-11-10-33(14-23(19)34)26(37)22-12-18-21(31-22)7-6-20(29)24(18)28/h2-7,12-13,15,31H,8-11,14H2,1H3. The van der Waals surface area contributed by atoms with Crippen molar-refractivity contribution in [3.8, 4) is 0 Å². The lowest BCUT2D eigenvalue weighted by molar-refractivity contribution is 0.0670. The number of fused-ring (bicyclic) bond motifs is 2. The first-order chi connectivity index (χ1) is 17.8. The van der Waals surface area contributed by atoms with Crippen molar-refractivity contribution in [2.45, 2.75) is 31.5 Å². The van der Waals surface area contributed by atoms with Crippen molar-refractivity contribution in [3.63, 3.8) is 0 Å². The Labute approximate surface area is 216 Å². The number of halogens is 2. The molecular formula is C27H23ClFN5O3. The second-order valence-electron chi connectivity index (χ2n) is 9.60. The summed E-state index contributed by atoms with van der Waals surface area (Å²) in [6.45, 7) is 1.08. The Kier molecular flexibility index (Phi) is 5.41. The average molecular weight is 520 g/mol. The minimum absolute atomic E-state index is 0.0322. The van der Waals surface area contributed by atoms with Crippen LogP contribution in [0.2, 0.25) is 5.02 Å². The molecular weight excluding hydrogens is 497 g/mol. The number of nitrogens with one attached hydrogen (secondary N) is 1. The Morgan fingerprint density at radius 1 is 1.16 bits per heavy atom. The first-order valence-corrected chi connectivity index (χ1v) is 12.3. The van der Waals surface area contributed by atoms with E-state index in [1.54, 1.807) is 52.0 Å². The fourth-order valence-electron chi connectivity index (χ4n) is 5.21. The van der Waals surface area contributed by atoms with Crippen molar-refractivity contribution in [1.82, 2.24) is 24.6 Å². The molecule has 4 aromatic rings. The monoisotopic (exact) mass is 519 g/mol. The zero-order valence-electron chi connectivity index (χ0n) is 20.0. The van der Waals surface area contributed by atoms with Crippen molar-refractivity contribution in [2.24, 2.45) is 0 Å². The summed E-state index contributed by atoms with van der Waals surface area (Å²) in [5.41, 5.74) is 3.16. The van der Waals surface area contributed by atoms with E-state index >= 15 is 0 Å². The van der Waals surface area contributed by atoms with E-state index in [4.69, 9.17) is 11.6 Å². The van der Waals surface area contributed by atoms with Crippen LogP contribution < -0.4 is 0 Å². The molecule has 2 aliphatic rings. The van der Waals surface area contributed by atoms with Crippen molar-refractivity contribution in [1.29, 1.82) is 0 Å². The van der Waals surface area contributed by atoms with Crippen molar-refractivity contribution >= 4 is 40.6 Å². The quantitative estimate of drug-likeness (QED) is 0.396. The third-order valence-corrected chi connectivity index (χ3v) is 7.95. The SMILES string of the molecule is CN(C(=O)c1cnn2c1CN(C(=O)c1cc3c(Cl)c(F)ccc3[nH]1)CC2)C1(c2ccc(C=O)cc2)CC1. The zero-order valence-corrected chi connectivity index (χ0v) is 20.8. The van der Waals surface area contributed by atoms with Crippen LogP contribution in [0.5, 0.6) is 0 Å². The highest BCUT2D eigenvalue weighted by Gasteiger charge is 2.50. The minimum atomic E-state index is -0.547. The number of aromatic amines is 1. The van der Waals surface area contributed by atoms with Gasteiger partial charge in [0.1, 0.15) is 17.8 Å². The van der Waals surface area contributed by atoms with E-state index in [0.29, 0.717) is 46.5 Å². The van der Waals surface area contributed by atoms with E-state index < -0.39 is 11.4 Å². The Hall–Kier alpha value is -3.98. The van der Waals surface area contributed by atoms with Gasteiger partial charge >= 0.3 is 0 Å². The maximum Gasteiger partial charge on any atom is 0.270 e. The number of aromatic nitrogens is 3. The number of aldehydes is 1. The molecule has 37 heavy (non-hydrogen) atoms. The molecule has 1 aliphatic heterocycles. The molecule has 0 unspecified atom stereocenters. The first-order valence-electron chi connectivity index (χ1n) is 12.0. The van der Waals surface area contributed by atoms with Crippen molar-refractivity contribution in [2.75, 3.05) is 13.6 Å². The average Bonchev–Trinajstić information content (AvgIpc) is 3.44. The minimum Gasteiger partial charge on any atom is -0.350 e. The smallest absolute Gasteiger partial charge is 0.270 e. The molecule has 1 fully saturated rings. The number of H-pyrrole nitrogens is 1. The topological polar surface area (TPSA) is 91.3 Å². The van der Waals surface area contributed by atoms with Crippen LogP contribution in [0.25, 0.3) is 10.9 Å². The Morgan fingerprint density at radius 3 is 2.62 bits per heavy atom. The molecule has 8 nitrogen and oxygen atoms in total. The van der Waals surface area contributed by atoms with Gasteiger partial charge in [-0.2, -0.15) is 5.10 Å². The molecule has 188 valence electrons. The van der Waals surface area contributed by atoms with Crippen LogP contribution in [0.15, 0.2) is 48.7 Å². The maximum atomic E-state index is 13.9. The number of rotatable bonds is 5. The molecule has 2 amide bonds. The number of amides is 2. The zero-order chi connectivity index (χ0) is 25.9. The molecule has 0 atom stereocenters. The van der Waals surface area contributed by atoms with Crippen LogP contribution in [0.4, 0.5) is 4.39 Å². The molecule has 3 heterocycles. The lowest BCUT2D eigenvalue weighted by Crippen LogP contribution is -2.41. The van der Waals surface area contributed by atoms with Gasteiger partial charge in [0.2, 0.25) is 0 Å². The molecule has 1 saturated carbocycles. The fraction of sp³-hybridized carbons (Fsp3) is 0.259. The summed E-state index contributed by atoms with van der Waals surface area (Å²) in [4.78, 5) is 44.4. The summed E-state index contributed by atoms with van der Waals surface area (Å²) in [5, 5.41) is 4.82. The molecule has 6 rings (SSSR count). The van der Waals surface area contributed by atoms with Gasteiger partial charge in [-0.05, 0) is 36.6 Å². The summed E-state index contributed by atoms with van der Waals surface area (Å²) >= 11 is 6.08. The summed E-state index contributed by atoms with van der Waals surface area (Å²) in [7, 11) is 1.78. The largest absolute Gasteiger partial charge is 0.350 e. The molecule has 0 spiro atoms. The third-order valence-electron chi connectivity index (χ3n) is 7.56. The van der Waals surface area contributed by atoms with Gasteiger partial charge in [0, 0.05) is 30.1 Å². The van der Waals surface area contributed by atoms with Crippen LogP contribution in [-0.2, 0) is 18.6 Å². The van der Waals surface area contributed by atoms with Gasteiger partial charge in [-0.15, -0.1) is 0 Å². The van der Waals surface area contributed by atoms with Crippen LogP contribution in [0.3, 0.4) is 0 Å². The third kappa shape index (κ3) is 3.72. The van der Waals surface area contributed by atoms with Gasteiger partial charge in [0.05, 0.1) is 41.1 Å². The van der Waals surface area contributed by atoms with Gasteiger partial charge in [-0.3, -0.25) is 19.1 Å². The predicted molar refractivity (Wildman–Crippen MR) is 135 cm³/mol. The fourth-order valence-corrected chi connectivity index (χ4v) is 5.43. The van der Waals surface area contributed by atoms with Crippen LogP contribution in [-0.4, -0.2) is 56.3 Å². The molecule has 2 aromatic heterocycles. The van der Waals surface area contributed by atoms with Crippen LogP contribution in [0.1, 0.15) is 55.3 Å². The van der Waals surface area contributed by atoms with Crippen LogP contribution in [0, 0.1) is 5.82 Å². The maximum absolute atomic E-state index is 13.9. The van der Waals surface area contributed by atoms with E-state index in [9.17, 15) is 18.8 Å². The van der Waals surface area contributed by atoms with E-state index in [2.05, 4.69) is 10.1 Å². The van der Waals surface area contributed by atoms with Crippen molar-refractivity contribution < 1.29 is 18.8 Å². The molecule has 1 aliphatic carbocycles. The van der Waals surface area contributed by atoms with E-state index in [1.807, 2.05) is 12.1 Å². The van der Waals surface area contributed by atoms with Gasteiger partial charge in [0.15, 0.2) is 0 Å². The summed E-state index contributed by atoms with van der Waals surface area (Å²) in [6.07, 6.45) is 4.02. The highest BCUT2D eigenvalue weighted by molar-refractivity contribution is 6.35. The lowest BCUT2D eigenvalue weighted by atomic mass is 10.0. The van der Waals surface area contributed by atoms with Crippen molar-refractivity contribution in [3.05, 3.63) is 87.6 Å². The summed E-state index contributed by atoms with van der Waals surface area (Å²) < 4.78 is 15.6. The van der Waals surface area contributed by atoms with Gasteiger partial charge in [0.25, 0.3) is 11.8 Å². The van der Waals surface area contributed by atoms with Gasteiger partial charge in [-0.25, -0.2) is 4.39 Å². The number of carbonyl (C=O) groups excluding carboxylic acids is 3. The highest BCUT2D eigenvalue weighted by atomic mass is 35.5.